The van der Waals surface area contributed by atoms with Crippen LogP contribution in [-0.2, 0) is 6.42 Å². The molecule has 130 valence electrons. The van der Waals surface area contributed by atoms with E-state index in [0.717, 1.165) is 24.1 Å². The molecule has 1 aromatic heterocycles. The summed E-state index contributed by atoms with van der Waals surface area (Å²) in [5.41, 5.74) is 1.79. The highest BCUT2D eigenvalue weighted by molar-refractivity contribution is 5.74. The highest BCUT2D eigenvalue weighted by Gasteiger charge is 2.23. The number of carbonyl (C=O) groups is 1. The smallest absolute Gasteiger partial charge is 0.315 e. The normalized spacial score (nSPS) is 13.3. The molecule has 0 radical (unpaired) electrons. The van der Waals surface area contributed by atoms with Crippen molar-refractivity contribution in [1.29, 1.82) is 0 Å². The average molecular weight is 330 g/mol. The van der Waals surface area contributed by atoms with Gasteiger partial charge in [0.1, 0.15) is 0 Å². The Kier molecular flexibility index (Phi) is 6.37. The van der Waals surface area contributed by atoms with Crippen LogP contribution in [0.25, 0.3) is 5.69 Å². The molecule has 0 saturated carbocycles. The Balaban J connectivity index is 1.78. The van der Waals surface area contributed by atoms with Crippen molar-refractivity contribution in [2.45, 2.75) is 38.6 Å². The van der Waals surface area contributed by atoms with Gasteiger partial charge in [0, 0.05) is 31.1 Å². The molecule has 2 amide bonds. The zero-order chi connectivity index (χ0) is 17.4. The first-order chi connectivity index (χ1) is 11.6. The summed E-state index contributed by atoms with van der Waals surface area (Å²) in [6, 6.07) is 9.80. The minimum absolute atomic E-state index is 0.0627. The minimum atomic E-state index is -0.371. The molecule has 0 saturated heterocycles. The van der Waals surface area contributed by atoms with Gasteiger partial charge in [-0.1, -0.05) is 19.1 Å². The molecule has 1 unspecified atom stereocenters. The van der Waals surface area contributed by atoms with Crippen LogP contribution in [-0.4, -0.2) is 39.6 Å². The van der Waals surface area contributed by atoms with Crippen LogP contribution < -0.4 is 10.6 Å². The maximum Gasteiger partial charge on any atom is 0.315 e. The van der Waals surface area contributed by atoms with Crippen molar-refractivity contribution in [2.24, 2.45) is 0 Å². The first-order valence-electron chi connectivity index (χ1n) is 8.32. The second-order valence-electron chi connectivity index (χ2n) is 6.14. The van der Waals surface area contributed by atoms with Crippen LogP contribution in [0.15, 0.2) is 42.7 Å². The van der Waals surface area contributed by atoms with E-state index in [-0.39, 0.29) is 18.2 Å². The molecule has 6 heteroatoms. The predicted octanol–water partition coefficient (Wildman–Crippen LogP) is 2.27. The number of rotatable bonds is 8. The van der Waals surface area contributed by atoms with Crippen LogP contribution in [0.4, 0.5) is 4.79 Å². The maximum atomic E-state index is 12.0. The molecule has 0 aliphatic carbocycles. The maximum absolute atomic E-state index is 12.0. The van der Waals surface area contributed by atoms with E-state index in [0.29, 0.717) is 13.0 Å². The Morgan fingerprint density at radius 2 is 2.08 bits per heavy atom. The van der Waals surface area contributed by atoms with Gasteiger partial charge in [-0.3, -0.25) is 0 Å². The van der Waals surface area contributed by atoms with Crippen molar-refractivity contribution in [3.05, 3.63) is 48.3 Å². The third-order valence-corrected chi connectivity index (χ3v) is 4.26. The average Bonchev–Trinajstić information content (AvgIpc) is 3.10. The largest absolute Gasteiger partial charge is 0.396 e. The standard InChI is InChI=1S/C18H26N4O2/c1-3-18(2,10-14-23)21-17(24)19-12-9-15-5-7-16(8-6-15)22-13-4-11-20-22/h4-8,11,13,23H,3,9-10,12,14H2,1-2H3,(H2,19,21,24). The van der Waals surface area contributed by atoms with Crippen LogP contribution in [0.2, 0.25) is 0 Å². The number of nitrogens with one attached hydrogen (secondary N) is 2. The summed E-state index contributed by atoms with van der Waals surface area (Å²) in [5, 5.41) is 19.1. The van der Waals surface area contributed by atoms with Crippen LogP contribution in [0.1, 0.15) is 32.3 Å². The lowest BCUT2D eigenvalue weighted by molar-refractivity contribution is 0.201. The Bertz CT molecular complexity index is 625. The van der Waals surface area contributed by atoms with E-state index in [2.05, 4.69) is 15.7 Å². The van der Waals surface area contributed by atoms with Gasteiger partial charge in [-0.05, 0) is 49.9 Å². The van der Waals surface area contributed by atoms with E-state index in [1.54, 1.807) is 6.20 Å². The van der Waals surface area contributed by atoms with Crippen molar-refractivity contribution >= 4 is 6.03 Å². The van der Waals surface area contributed by atoms with Crippen LogP contribution in [0, 0.1) is 0 Å². The fourth-order valence-corrected chi connectivity index (χ4v) is 2.45. The summed E-state index contributed by atoms with van der Waals surface area (Å²) in [5.74, 6) is 0. The molecule has 3 N–H and O–H groups in total. The summed E-state index contributed by atoms with van der Waals surface area (Å²) in [6.45, 7) is 4.56. The number of urea groups is 1. The third-order valence-electron chi connectivity index (χ3n) is 4.26. The van der Waals surface area contributed by atoms with E-state index in [1.807, 2.05) is 55.1 Å². The molecule has 0 aliphatic heterocycles. The lowest BCUT2D eigenvalue weighted by Gasteiger charge is -2.29. The van der Waals surface area contributed by atoms with Crippen LogP contribution >= 0.6 is 0 Å². The van der Waals surface area contributed by atoms with Crippen molar-refractivity contribution in [3.8, 4) is 5.69 Å². The number of aliphatic hydroxyl groups excluding tert-OH is 1. The second-order valence-corrected chi connectivity index (χ2v) is 6.14. The number of hydrogen-bond acceptors (Lipinski definition) is 3. The molecule has 2 aromatic rings. The number of nitrogens with zero attached hydrogens (tertiary/aromatic N) is 2. The van der Waals surface area contributed by atoms with E-state index in [1.165, 1.54) is 0 Å². The second kappa shape index (κ2) is 8.49. The molecule has 24 heavy (non-hydrogen) atoms. The zero-order valence-corrected chi connectivity index (χ0v) is 14.3. The van der Waals surface area contributed by atoms with E-state index >= 15 is 0 Å². The van der Waals surface area contributed by atoms with Gasteiger partial charge in [0.25, 0.3) is 0 Å². The van der Waals surface area contributed by atoms with Gasteiger partial charge in [0.15, 0.2) is 0 Å². The fourth-order valence-electron chi connectivity index (χ4n) is 2.45. The molecular weight excluding hydrogens is 304 g/mol. The number of aliphatic hydroxyl groups is 1. The number of aromatic nitrogens is 2. The number of hydrogen-bond donors (Lipinski definition) is 3. The predicted molar refractivity (Wildman–Crippen MR) is 94.2 cm³/mol. The van der Waals surface area contributed by atoms with Gasteiger partial charge >= 0.3 is 6.03 Å². The zero-order valence-electron chi connectivity index (χ0n) is 14.3. The van der Waals surface area contributed by atoms with Crippen LogP contribution in [0.5, 0.6) is 0 Å². The fraction of sp³-hybridized carbons (Fsp3) is 0.444. The molecule has 0 bridgehead atoms. The number of carbonyl (C=O) groups excluding carboxylic acids is 1. The minimum Gasteiger partial charge on any atom is -0.396 e. The van der Waals surface area contributed by atoms with Crippen LogP contribution in [0.3, 0.4) is 0 Å². The molecule has 1 heterocycles. The quantitative estimate of drug-likeness (QED) is 0.695. The Morgan fingerprint density at radius 3 is 2.67 bits per heavy atom. The Hall–Kier alpha value is -2.34. The van der Waals surface area contributed by atoms with E-state index in [9.17, 15) is 4.79 Å². The summed E-state index contributed by atoms with van der Waals surface area (Å²) < 4.78 is 1.81. The lowest BCUT2D eigenvalue weighted by Crippen LogP contribution is -2.50. The molecular formula is C18H26N4O2. The van der Waals surface area contributed by atoms with Crippen molar-refractivity contribution in [2.75, 3.05) is 13.2 Å². The summed E-state index contributed by atoms with van der Waals surface area (Å²) in [7, 11) is 0. The van der Waals surface area contributed by atoms with Gasteiger partial charge in [-0.2, -0.15) is 5.10 Å². The molecule has 0 spiro atoms. The summed E-state index contributed by atoms with van der Waals surface area (Å²) in [4.78, 5) is 12.0. The van der Waals surface area contributed by atoms with Crippen molar-refractivity contribution in [1.82, 2.24) is 20.4 Å². The first kappa shape index (κ1) is 18.0. The highest BCUT2D eigenvalue weighted by Crippen LogP contribution is 2.13. The van der Waals surface area contributed by atoms with E-state index < -0.39 is 0 Å². The molecule has 6 nitrogen and oxygen atoms in total. The highest BCUT2D eigenvalue weighted by atomic mass is 16.3. The Labute approximate surface area is 142 Å². The molecule has 2 rings (SSSR count). The lowest BCUT2D eigenvalue weighted by atomic mass is 9.95. The third kappa shape index (κ3) is 5.09. The van der Waals surface area contributed by atoms with Gasteiger partial charge in [0.05, 0.1) is 5.69 Å². The van der Waals surface area contributed by atoms with Crippen molar-refractivity contribution in [3.63, 3.8) is 0 Å². The number of benzene rings is 1. The van der Waals surface area contributed by atoms with Gasteiger partial charge < -0.3 is 15.7 Å². The Morgan fingerprint density at radius 1 is 1.33 bits per heavy atom. The van der Waals surface area contributed by atoms with Crippen molar-refractivity contribution < 1.29 is 9.90 Å². The molecule has 1 atom stereocenters. The SMILES string of the molecule is CCC(C)(CCO)NC(=O)NCCc1ccc(-n2cccn2)cc1. The topological polar surface area (TPSA) is 79.2 Å². The summed E-state index contributed by atoms with van der Waals surface area (Å²) >= 11 is 0. The monoisotopic (exact) mass is 330 g/mol. The van der Waals surface area contributed by atoms with Gasteiger partial charge in [-0.15, -0.1) is 0 Å². The van der Waals surface area contributed by atoms with E-state index in [4.69, 9.17) is 5.11 Å². The number of amides is 2. The molecule has 0 fully saturated rings. The summed E-state index contributed by atoms with van der Waals surface area (Å²) in [6.07, 6.45) is 5.73. The molecule has 0 aliphatic rings. The van der Waals surface area contributed by atoms with Gasteiger partial charge in [-0.25, -0.2) is 9.48 Å². The molecule has 1 aromatic carbocycles. The first-order valence-corrected chi connectivity index (χ1v) is 8.32. The van der Waals surface area contributed by atoms with Gasteiger partial charge in [0.2, 0.25) is 0 Å².